The summed E-state index contributed by atoms with van der Waals surface area (Å²) >= 11 is 0. The monoisotopic (exact) mass is 400 g/mol. The second-order valence-corrected chi connectivity index (χ2v) is 7.51. The molecule has 7 nitrogen and oxygen atoms in total. The van der Waals surface area contributed by atoms with Gasteiger partial charge in [0.05, 0.1) is 23.6 Å². The summed E-state index contributed by atoms with van der Waals surface area (Å²) in [6, 6.07) is 5.05. The highest BCUT2D eigenvalue weighted by atomic mass is 19.3. The number of hydrogen-bond acceptors (Lipinski definition) is 5. The molecule has 1 saturated heterocycles. The Labute approximate surface area is 164 Å². The highest BCUT2D eigenvalue weighted by Gasteiger charge is 2.47. The number of amides is 1. The number of pyridine rings is 2. The molecule has 0 aromatic carbocycles. The maximum atomic E-state index is 13.5. The lowest BCUT2D eigenvalue weighted by Crippen LogP contribution is -2.36. The summed E-state index contributed by atoms with van der Waals surface area (Å²) in [5.41, 5.74) is 1.03. The number of likely N-dealkylation sites (tertiary alicyclic amines) is 1. The van der Waals surface area contributed by atoms with Crippen LogP contribution in [0.2, 0.25) is 0 Å². The van der Waals surface area contributed by atoms with E-state index in [0.717, 1.165) is 17.7 Å². The highest BCUT2D eigenvalue weighted by Crippen LogP contribution is 2.36. The summed E-state index contributed by atoms with van der Waals surface area (Å²) in [6.45, 7) is -0.808. The van der Waals surface area contributed by atoms with E-state index in [2.05, 4.69) is 4.98 Å². The molecule has 4 rings (SSSR count). The van der Waals surface area contributed by atoms with Crippen molar-refractivity contribution < 1.29 is 18.4 Å². The van der Waals surface area contributed by atoms with Gasteiger partial charge in [0.15, 0.2) is 5.78 Å². The van der Waals surface area contributed by atoms with E-state index in [4.69, 9.17) is 5.26 Å². The Morgan fingerprint density at radius 3 is 2.69 bits per heavy atom. The number of nitriles is 1. The number of hydrogen-bond donors (Lipinski definition) is 0. The minimum absolute atomic E-state index is 0.0341. The van der Waals surface area contributed by atoms with Gasteiger partial charge < -0.3 is 9.47 Å². The van der Waals surface area contributed by atoms with Crippen LogP contribution < -0.4 is 5.56 Å². The predicted octanol–water partition coefficient (Wildman–Crippen LogP) is 2.45. The van der Waals surface area contributed by atoms with Gasteiger partial charge in [0.25, 0.3) is 11.5 Å². The lowest BCUT2D eigenvalue weighted by Gasteiger charge is -2.19. The minimum atomic E-state index is -3.10. The Bertz CT molecular complexity index is 1100. The number of alkyl halides is 2. The average molecular weight is 400 g/mol. The molecule has 9 heteroatoms. The number of rotatable bonds is 5. The number of halogens is 2. The van der Waals surface area contributed by atoms with Gasteiger partial charge in [0.1, 0.15) is 6.04 Å². The number of Topliss-reactive ketones (excluding diaryl/α,β-unsaturated/α-hetero) is 1. The average Bonchev–Trinajstić information content (AvgIpc) is 3.47. The van der Waals surface area contributed by atoms with Crippen LogP contribution in [-0.2, 0) is 4.79 Å². The lowest BCUT2D eigenvalue weighted by molar-refractivity contribution is -0.132. The molecule has 0 unspecified atom stereocenters. The molecule has 2 aromatic heterocycles. The topological polar surface area (TPSA) is 96.1 Å². The van der Waals surface area contributed by atoms with Gasteiger partial charge in [-0.1, -0.05) is 0 Å². The molecule has 1 aliphatic carbocycles. The summed E-state index contributed by atoms with van der Waals surface area (Å²) in [7, 11) is 0. The molecule has 2 fully saturated rings. The fourth-order valence-corrected chi connectivity index (χ4v) is 3.80. The third-order valence-electron chi connectivity index (χ3n) is 5.33. The Morgan fingerprint density at radius 2 is 2.00 bits per heavy atom. The molecule has 1 saturated carbocycles. The second kappa shape index (κ2) is 7.03. The fourth-order valence-electron chi connectivity index (χ4n) is 3.80. The molecule has 1 amide bonds. The Hall–Kier alpha value is -3.15. The van der Waals surface area contributed by atoms with Gasteiger partial charge in [-0.25, -0.2) is 8.78 Å². The molecule has 2 aromatic rings. The van der Waals surface area contributed by atoms with E-state index in [-0.39, 0.29) is 35.8 Å². The summed E-state index contributed by atoms with van der Waals surface area (Å²) in [5, 5.41) is 9.02. The zero-order valence-corrected chi connectivity index (χ0v) is 15.5. The molecule has 2 aliphatic rings. The van der Waals surface area contributed by atoms with Crippen LogP contribution in [0.15, 0.2) is 29.2 Å². The second-order valence-electron chi connectivity index (χ2n) is 7.51. The van der Waals surface area contributed by atoms with Gasteiger partial charge in [0.2, 0.25) is 5.91 Å². The number of fused-ring (bicyclic) bond motifs is 1. The van der Waals surface area contributed by atoms with E-state index in [9.17, 15) is 23.2 Å². The standard InChI is InChI=1S/C20H18F2N4O3/c21-20(22)9-13(10-23)25(11-20)17(28)6-4-16(27)14-7-8-24-15-3-5-18(29)26(19(14)15)12-1-2-12/h3,5,7-8,12-13H,1-2,4,6,9,11H2/t13-/m0/s1. The van der Waals surface area contributed by atoms with Gasteiger partial charge in [-0.05, 0) is 25.0 Å². The summed E-state index contributed by atoms with van der Waals surface area (Å²) in [4.78, 5) is 42.6. The maximum Gasteiger partial charge on any atom is 0.268 e. The largest absolute Gasteiger partial charge is 0.320 e. The smallest absolute Gasteiger partial charge is 0.268 e. The van der Waals surface area contributed by atoms with Gasteiger partial charge in [-0.15, -0.1) is 0 Å². The summed E-state index contributed by atoms with van der Waals surface area (Å²) < 4.78 is 28.7. The molecule has 29 heavy (non-hydrogen) atoms. The molecule has 0 radical (unpaired) electrons. The van der Waals surface area contributed by atoms with Crippen LogP contribution in [0.4, 0.5) is 8.78 Å². The SMILES string of the molecule is N#C[C@@H]1CC(F)(F)CN1C(=O)CCC(=O)c1ccnc2ccc(=O)n(C3CC3)c12. The van der Waals surface area contributed by atoms with Crippen molar-refractivity contribution in [1.82, 2.24) is 14.5 Å². The zero-order chi connectivity index (χ0) is 20.8. The van der Waals surface area contributed by atoms with E-state index >= 15 is 0 Å². The molecule has 150 valence electrons. The zero-order valence-electron chi connectivity index (χ0n) is 15.5. The van der Waals surface area contributed by atoms with Crippen molar-refractivity contribution in [1.29, 1.82) is 5.26 Å². The van der Waals surface area contributed by atoms with Crippen LogP contribution in [-0.4, -0.2) is 44.7 Å². The molecule has 1 aliphatic heterocycles. The Balaban J connectivity index is 1.56. The fraction of sp³-hybridized carbons (Fsp3) is 0.450. The normalized spacial score (nSPS) is 20.6. The third-order valence-corrected chi connectivity index (χ3v) is 5.33. The Kier molecular flexibility index (Phi) is 4.65. The first kappa shape index (κ1) is 19.2. The molecule has 0 spiro atoms. The first-order valence-electron chi connectivity index (χ1n) is 9.41. The van der Waals surface area contributed by atoms with Gasteiger partial charge in [0, 0.05) is 43.1 Å². The lowest BCUT2D eigenvalue weighted by atomic mass is 10.0. The van der Waals surface area contributed by atoms with Crippen molar-refractivity contribution >= 4 is 22.7 Å². The van der Waals surface area contributed by atoms with Gasteiger partial charge in [-0.3, -0.25) is 19.4 Å². The molecule has 1 atom stereocenters. The molecule has 0 N–H and O–H groups in total. The van der Waals surface area contributed by atoms with Gasteiger partial charge >= 0.3 is 0 Å². The van der Waals surface area contributed by atoms with Crippen molar-refractivity contribution in [3.05, 3.63) is 40.3 Å². The number of aromatic nitrogens is 2. The predicted molar refractivity (Wildman–Crippen MR) is 98.5 cm³/mol. The number of nitrogens with zero attached hydrogens (tertiary/aromatic N) is 4. The molecular weight excluding hydrogens is 382 g/mol. The van der Waals surface area contributed by atoms with E-state index in [1.807, 2.05) is 0 Å². The van der Waals surface area contributed by atoms with Crippen LogP contribution in [0.1, 0.15) is 48.5 Å². The van der Waals surface area contributed by atoms with Crippen LogP contribution >= 0.6 is 0 Å². The number of carbonyl (C=O) groups is 2. The van der Waals surface area contributed by atoms with E-state index in [1.165, 1.54) is 18.3 Å². The van der Waals surface area contributed by atoms with Crippen molar-refractivity contribution in [3.8, 4) is 6.07 Å². The van der Waals surface area contributed by atoms with Crippen molar-refractivity contribution in [2.24, 2.45) is 0 Å². The first-order chi connectivity index (χ1) is 13.8. The molecule has 0 bridgehead atoms. The molecule has 3 heterocycles. The Morgan fingerprint density at radius 1 is 1.24 bits per heavy atom. The minimum Gasteiger partial charge on any atom is -0.320 e. The highest BCUT2D eigenvalue weighted by molar-refractivity contribution is 6.06. The van der Waals surface area contributed by atoms with Crippen LogP contribution in [0.5, 0.6) is 0 Å². The van der Waals surface area contributed by atoms with Crippen LogP contribution in [0, 0.1) is 11.3 Å². The van der Waals surface area contributed by atoms with Crippen molar-refractivity contribution in [2.45, 2.75) is 50.1 Å². The number of ketones is 1. The van der Waals surface area contributed by atoms with Gasteiger partial charge in [-0.2, -0.15) is 5.26 Å². The third kappa shape index (κ3) is 3.62. The van der Waals surface area contributed by atoms with Crippen molar-refractivity contribution in [3.63, 3.8) is 0 Å². The van der Waals surface area contributed by atoms with Crippen molar-refractivity contribution in [2.75, 3.05) is 6.54 Å². The maximum absolute atomic E-state index is 13.5. The molecular formula is C20H18F2N4O3. The van der Waals surface area contributed by atoms with E-state index in [0.29, 0.717) is 11.0 Å². The quantitative estimate of drug-likeness (QED) is 0.719. The number of carbonyl (C=O) groups excluding carboxylic acids is 2. The van der Waals surface area contributed by atoms with Crippen LogP contribution in [0.25, 0.3) is 11.0 Å². The van der Waals surface area contributed by atoms with E-state index in [1.54, 1.807) is 16.7 Å². The van der Waals surface area contributed by atoms with Crippen LogP contribution in [0.3, 0.4) is 0 Å². The summed E-state index contributed by atoms with van der Waals surface area (Å²) in [5.74, 6) is -4.12. The summed E-state index contributed by atoms with van der Waals surface area (Å²) in [6.07, 6.45) is 1.98. The van der Waals surface area contributed by atoms with E-state index < -0.39 is 30.8 Å². The first-order valence-corrected chi connectivity index (χ1v) is 9.41.